The van der Waals surface area contributed by atoms with Gasteiger partial charge < -0.3 is 10.4 Å². The third kappa shape index (κ3) is 2.70. The Hall–Kier alpha value is -2.35. The van der Waals surface area contributed by atoms with Crippen LogP contribution >= 0.6 is 0 Å². The van der Waals surface area contributed by atoms with Crippen molar-refractivity contribution in [3.63, 3.8) is 0 Å². The Balaban J connectivity index is 1.70. The number of rotatable bonds is 5. The summed E-state index contributed by atoms with van der Waals surface area (Å²) < 4.78 is 29.6. The first kappa shape index (κ1) is 15.5. The van der Waals surface area contributed by atoms with E-state index in [1.165, 1.54) is 6.33 Å². The number of nitrogens with one attached hydrogen (secondary N) is 1. The number of aliphatic hydroxyl groups is 1. The van der Waals surface area contributed by atoms with Gasteiger partial charge in [-0.2, -0.15) is 8.78 Å². The number of para-hydroxylation sites is 1. The van der Waals surface area contributed by atoms with Crippen molar-refractivity contribution in [1.82, 2.24) is 20.1 Å². The highest BCUT2D eigenvalue weighted by molar-refractivity contribution is 5.85. The SMILES string of the molecule is O=C(NCc1nncn1-c1ccccc1)C(F)(F)C1(O)CCC1. The van der Waals surface area contributed by atoms with Crippen LogP contribution in [0, 0.1) is 0 Å². The average Bonchev–Trinajstić information content (AvgIpc) is 2.99. The second-order valence-corrected chi connectivity index (χ2v) is 5.59. The first-order valence-corrected chi connectivity index (χ1v) is 7.27. The van der Waals surface area contributed by atoms with Gasteiger partial charge in [-0.3, -0.25) is 9.36 Å². The van der Waals surface area contributed by atoms with Gasteiger partial charge in [-0.15, -0.1) is 10.2 Å². The van der Waals surface area contributed by atoms with Crippen LogP contribution in [0.5, 0.6) is 0 Å². The quantitative estimate of drug-likeness (QED) is 0.873. The molecule has 6 nitrogen and oxygen atoms in total. The molecule has 2 N–H and O–H groups in total. The lowest BCUT2D eigenvalue weighted by Gasteiger charge is -2.41. The van der Waals surface area contributed by atoms with Crippen molar-refractivity contribution in [3.8, 4) is 5.69 Å². The van der Waals surface area contributed by atoms with Gasteiger partial charge in [0, 0.05) is 5.69 Å². The number of alkyl halides is 2. The van der Waals surface area contributed by atoms with E-state index in [-0.39, 0.29) is 19.4 Å². The summed E-state index contributed by atoms with van der Waals surface area (Å²) in [7, 11) is 0. The Morgan fingerprint density at radius 2 is 2.04 bits per heavy atom. The maximum Gasteiger partial charge on any atom is 0.352 e. The van der Waals surface area contributed by atoms with Gasteiger partial charge in [-0.1, -0.05) is 18.2 Å². The van der Waals surface area contributed by atoms with E-state index >= 15 is 0 Å². The fourth-order valence-electron chi connectivity index (χ4n) is 2.49. The van der Waals surface area contributed by atoms with E-state index in [4.69, 9.17) is 0 Å². The van der Waals surface area contributed by atoms with Gasteiger partial charge in [0.1, 0.15) is 11.9 Å². The Morgan fingerprint density at radius 1 is 1.35 bits per heavy atom. The lowest BCUT2D eigenvalue weighted by molar-refractivity contribution is -0.216. The van der Waals surface area contributed by atoms with Crippen LogP contribution in [0.3, 0.4) is 0 Å². The number of carbonyl (C=O) groups is 1. The van der Waals surface area contributed by atoms with Crippen LogP contribution in [0.15, 0.2) is 36.7 Å². The van der Waals surface area contributed by atoms with Crippen molar-refractivity contribution in [2.45, 2.75) is 37.3 Å². The molecule has 1 aromatic carbocycles. The minimum Gasteiger partial charge on any atom is -0.383 e. The maximum atomic E-state index is 14.0. The number of carbonyl (C=O) groups excluding carboxylic acids is 1. The van der Waals surface area contributed by atoms with E-state index < -0.39 is 17.4 Å². The smallest absolute Gasteiger partial charge is 0.352 e. The summed E-state index contributed by atoms with van der Waals surface area (Å²) in [5.41, 5.74) is -1.48. The molecule has 0 unspecified atom stereocenters. The molecule has 1 amide bonds. The maximum absolute atomic E-state index is 14.0. The monoisotopic (exact) mass is 322 g/mol. The summed E-state index contributed by atoms with van der Waals surface area (Å²) >= 11 is 0. The van der Waals surface area contributed by atoms with Crippen LogP contribution in [0.4, 0.5) is 8.78 Å². The normalized spacial score (nSPS) is 16.7. The van der Waals surface area contributed by atoms with Crippen LogP contribution in [0.2, 0.25) is 0 Å². The minimum atomic E-state index is -3.82. The van der Waals surface area contributed by atoms with Crippen LogP contribution in [0.25, 0.3) is 5.69 Å². The molecule has 2 aromatic rings. The van der Waals surface area contributed by atoms with Crippen molar-refractivity contribution in [1.29, 1.82) is 0 Å². The minimum absolute atomic E-state index is 0.0758. The number of aromatic nitrogens is 3. The van der Waals surface area contributed by atoms with Crippen LogP contribution in [-0.2, 0) is 11.3 Å². The second-order valence-electron chi connectivity index (χ2n) is 5.59. The van der Waals surface area contributed by atoms with Crippen LogP contribution in [-0.4, -0.2) is 37.3 Å². The summed E-state index contributed by atoms with van der Waals surface area (Å²) in [5, 5.41) is 19.5. The summed E-state index contributed by atoms with van der Waals surface area (Å²) in [6, 6.07) is 9.09. The average molecular weight is 322 g/mol. The molecule has 3 rings (SSSR count). The molecule has 0 aliphatic heterocycles. The van der Waals surface area contributed by atoms with E-state index in [2.05, 4.69) is 15.5 Å². The third-order valence-electron chi connectivity index (χ3n) is 4.11. The van der Waals surface area contributed by atoms with Crippen molar-refractivity contribution in [3.05, 3.63) is 42.5 Å². The summed E-state index contributed by atoms with van der Waals surface area (Å²) in [5.74, 6) is -4.99. The molecule has 1 aliphatic rings. The highest BCUT2D eigenvalue weighted by Crippen LogP contribution is 2.44. The number of amides is 1. The van der Waals surface area contributed by atoms with Gasteiger partial charge in [0.15, 0.2) is 5.82 Å². The third-order valence-corrected chi connectivity index (χ3v) is 4.11. The van der Waals surface area contributed by atoms with Crippen molar-refractivity contribution in [2.24, 2.45) is 0 Å². The fraction of sp³-hybridized carbons (Fsp3) is 0.400. The van der Waals surface area contributed by atoms with Gasteiger partial charge in [0.05, 0.1) is 6.54 Å². The van der Waals surface area contributed by atoms with Gasteiger partial charge in [-0.25, -0.2) is 0 Å². The number of hydrogen-bond acceptors (Lipinski definition) is 4. The van der Waals surface area contributed by atoms with E-state index in [1.54, 1.807) is 16.7 Å². The summed E-state index contributed by atoms with van der Waals surface area (Å²) in [6.45, 7) is -0.209. The number of hydrogen-bond donors (Lipinski definition) is 2. The predicted octanol–water partition coefficient (Wildman–Crippen LogP) is 1.43. The number of halogens is 2. The zero-order chi connectivity index (χ0) is 16.5. The fourth-order valence-corrected chi connectivity index (χ4v) is 2.49. The molecular formula is C15H16F2N4O2. The predicted molar refractivity (Wildman–Crippen MR) is 77.0 cm³/mol. The van der Waals surface area contributed by atoms with E-state index in [9.17, 15) is 18.7 Å². The molecular weight excluding hydrogens is 306 g/mol. The molecule has 122 valence electrons. The van der Waals surface area contributed by atoms with Gasteiger partial charge in [-0.05, 0) is 31.4 Å². The summed E-state index contributed by atoms with van der Waals surface area (Å²) in [6.07, 6.45) is 1.78. The molecule has 1 fully saturated rings. The van der Waals surface area contributed by atoms with Crippen LogP contribution < -0.4 is 5.32 Å². The Labute approximate surface area is 131 Å². The molecule has 8 heteroatoms. The van der Waals surface area contributed by atoms with Gasteiger partial charge in [0.25, 0.3) is 5.91 Å². The molecule has 0 atom stereocenters. The largest absolute Gasteiger partial charge is 0.383 e. The Bertz CT molecular complexity index is 699. The van der Waals surface area contributed by atoms with Crippen LogP contribution in [0.1, 0.15) is 25.1 Å². The number of benzene rings is 1. The highest BCUT2D eigenvalue weighted by atomic mass is 19.3. The zero-order valence-electron chi connectivity index (χ0n) is 12.2. The van der Waals surface area contributed by atoms with Crippen molar-refractivity contribution >= 4 is 5.91 Å². The summed E-state index contributed by atoms with van der Waals surface area (Å²) in [4.78, 5) is 11.8. The molecule has 1 aromatic heterocycles. The van der Waals surface area contributed by atoms with E-state index in [1.807, 2.05) is 18.2 Å². The first-order chi connectivity index (χ1) is 10.9. The van der Waals surface area contributed by atoms with E-state index in [0.717, 1.165) is 5.69 Å². The van der Waals surface area contributed by atoms with Gasteiger partial charge in [0.2, 0.25) is 0 Å². The second kappa shape index (κ2) is 5.69. The van der Waals surface area contributed by atoms with E-state index in [0.29, 0.717) is 12.2 Å². The molecule has 1 heterocycles. The molecule has 23 heavy (non-hydrogen) atoms. The zero-order valence-corrected chi connectivity index (χ0v) is 12.2. The topological polar surface area (TPSA) is 80.0 Å². The molecule has 1 aliphatic carbocycles. The molecule has 0 saturated heterocycles. The number of nitrogens with zero attached hydrogens (tertiary/aromatic N) is 3. The van der Waals surface area contributed by atoms with Gasteiger partial charge >= 0.3 is 5.92 Å². The molecule has 0 bridgehead atoms. The standard InChI is InChI=1S/C15H16F2N4O2/c16-15(17,14(23)7-4-8-14)13(22)18-9-12-20-19-10-21(12)11-5-2-1-3-6-11/h1-3,5-6,10,23H,4,7-9H2,(H,18,22). The molecule has 0 radical (unpaired) electrons. The van der Waals surface area contributed by atoms with Crippen molar-refractivity contribution < 1.29 is 18.7 Å². The Morgan fingerprint density at radius 3 is 2.65 bits per heavy atom. The molecule has 0 spiro atoms. The van der Waals surface area contributed by atoms with Crippen molar-refractivity contribution in [2.75, 3.05) is 0 Å². The lowest BCUT2D eigenvalue weighted by atomic mass is 9.75. The highest BCUT2D eigenvalue weighted by Gasteiger charge is 2.61. The lowest BCUT2D eigenvalue weighted by Crippen LogP contribution is -2.60. The molecule has 1 saturated carbocycles. The Kier molecular flexibility index (Phi) is 3.85. The first-order valence-electron chi connectivity index (χ1n) is 7.27.